The second kappa shape index (κ2) is 13.8. The molecule has 31 heavy (non-hydrogen) atoms. The average molecular weight is 543 g/mol. The molecule has 1 amide bonds. The molecule has 2 aliphatic rings. The highest BCUT2D eigenvalue weighted by Crippen LogP contribution is 2.16. The van der Waals surface area contributed by atoms with Crippen molar-refractivity contribution in [2.75, 3.05) is 40.3 Å². The number of likely N-dealkylation sites (tertiary alicyclic amines) is 2. The van der Waals surface area contributed by atoms with E-state index >= 15 is 0 Å². The summed E-state index contributed by atoms with van der Waals surface area (Å²) in [6.45, 7) is 5.60. The first-order valence-electron chi connectivity index (χ1n) is 11.3. The molecule has 3 rings (SSSR count). The number of aliphatic imine (C=N–C) groups is 1. The van der Waals surface area contributed by atoms with Crippen LogP contribution in [-0.2, 0) is 17.8 Å². The summed E-state index contributed by atoms with van der Waals surface area (Å²) >= 11 is 0. The summed E-state index contributed by atoms with van der Waals surface area (Å²) in [6.07, 6.45) is 6.89. The van der Waals surface area contributed by atoms with Gasteiger partial charge in [-0.15, -0.1) is 24.0 Å². The van der Waals surface area contributed by atoms with Gasteiger partial charge >= 0.3 is 6.09 Å². The van der Waals surface area contributed by atoms with Gasteiger partial charge in [-0.2, -0.15) is 0 Å². The standard InChI is InChI=1S/C23H37N5O2.HI/c1-24-22(26-21-11-15-28(16-12-21)23(29)30-2)25-17-19-9-5-6-10-20(19)18-27-13-7-3-4-8-14-27;/h5-6,9-10,21H,3-4,7-8,11-18H2,1-2H3,(H2,24,25,26);1H. The number of guanidine groups is 1. The SMILES string of the molecule is CN=C(NCc1ccccc1CN1CCCCCC1)NC1CCN(C(=O)OC)CC1.I. The minimum Gasteiger partial charge on any atom is -0.453 e. The van der Waals surface area contributed by atoms with E-state index < -0.39 is 0 Å². The molecule has 2 aliphatic heterocycles. The molecule has 0 atom stereocenters. The Hall–Kier alpha value is -1.55. The maximum absolute atomic E-state index is 11.6. The fraction of sp³-hybridized carbons (Fsp3) is 0.652. The van der Waals surface area contributed by atoms with E-state index in [0.29, 0.717) is 19.1 Å². The summed E-state index contributed by atoms with van der Waals surface area (Å²) in [5.74, 6) is 0.816. The van der Waals surface area contributed by atoms with Crippen molar-refractivity contribution in [3.05, 3.63) is 35.4 Å². The number of rotatable bonds is 5. The van der Waals surface area contributed by atoms with Crippen LogP contribution in [0.2, 0.25) is 0 Å². The Balaban J connectivity index is 0.00000341. The predicted octanol–water partition coefficient (Wildman–Crippen LogP) is 3.58. The highest BCUT2D eigenvalue weighted by atomic mass is 127. The molecule has 8 heteroatoms. The van der Waals surface area contributed by atoms with Crippen LogP contribution in [0.4, 0.5) is 4.79 Å². The van der Waals surface area contributed by atoms with Crippen LogP contribution in [-0.4, -0.2) is 68.2 Å². The Morgan fingerprint density at radius 1 is 1.06 bits per heavy atom. The van der Waals surface area contributed by atoms with E-state index in [9.17, 15) is 4.79 Å². The van der Waals surface area contributed by atoms with Crippen LogP contribution in [0.3, 0.4) is 0 Å². The van der Waals surface area contributed by atoms with Crippen molar-refractivity contribution >= 4 is 36.0 Å². The Bertz CT molecular complexity index is 699. The smallest absolute Gasteiger partial charge is 0.409 e. The van der Waals surface area contributed by atoms with Gasteiger partial charge in [-0.25, -0.2) is 4.79 Å². The molecule has 0 aliphatic carbocycles. The van der Waals surface area contributed by atoms with Gasteiger partial charge in [0.05, 0.1) is 7.11 Å². The molecule has 1 aromatic rings. The highest BCUT2D eigenvalue weighted by Gasteiger charge is 2.23. The first kappa shape index (κ1) is 25.7. The molecule has 2 heterocycles. The lowest BCUT2D eigenvalue weighted by atomic mass is 10.1. The monoisotopic (exact) mass is 543 g/mol. The summed E-state index contributed by atoms with van der Waals surface area (Å²) in [5, 5.41) is 7.00. The van der Waals surface area contributed by atoms with Gasteiger partial charge in [0.2, 0.25) is 0 Å². The van der Waals surface area contributed by atoms with E-state index in [2.05, 4.69) is 44.8 Å². The molecule has 0 unspecified atom stereocenters. The van der Waals surface area contributed by atoms with Crippen molar-refractivity contribution in [3.8, 4) is 0 Å². The van der Waals surface area contributed by atoms with Gasteiger partial charge < -0.3 is 20.3 Å². The summed E-state index contributed by atoms with van der Waals surface area (Å²) in [4.78, 5) is 20.4. The van der Waals surface area contributed by atoms with Crippen molar-refractivity contribution < 1.29 is 9.53 Å². The Labute approximate surface area is 204 Å². The molecule has 2 saturated heterocycles. The lowest BCUT2D eigenvalue weighted by Crippen LogP contribution is -2.49. The quantitative estimate of drug-likeness (QED) is 0.338. The number of benzene rings is 1. The number of amides is 1. The van der Waals surface area contributed by atoms with Crippen LogP contribution in [0.5, 0.6) is 0 Å². The summed E-state index contributed by atoms with van der Waals surface area (Å²) in [5.41, 5.74) is 2.72. The maximum Gasteiger partial charge on any atom is 0.409 e. The lowest BCUT2D eigenvalue weighted by molar-refractivity contribution is 0.111. The molecular formula is C23H38IN5O2. The zero-order chi connectivity index (χ0) is 21.2. The minimum absolute atomic E-state index is 0. The molecule has 0 aromatic heterocycles. The van der Waals surface area contributed by atoms with Crippen LogP contribution in [0.25, 0.3) is 0 Å². The molecular weight excluding hydrogens is 505 g/mol. The molecule has 2 fully saturated rings. The van der Waals surface area contributed by atoms with Crippen molar-refractivity contribution in [2.24, 2.45) is 4.99 Å². The van der Waals surface area contributed by atoms with Crippen LogP contribution in [0.1, 0.15) is 49.7 Å². The summed E-state index contributed by atoms with van der Waals surface area (Å²) < 4.78 is 4.81. The van der Waals surface area contributed by atoms with E-state index in [1.165, 1.54) is 57.0 Å². The largest absolute Gasteiger partial charge is 0.453 e. The number of ether oxygens (including phenoxy) is 1. The number of methoxy groups -OCH3 is 1. The number of hydrogen-bond donors (Lipinski definition) is 2. The van der Waals surface area contributed by atoms with Gasteiger partial charge in [0.25, 0.3) is 0 Å². The van der Waals surface area contributed by atoms with E-state index in [0.717, 1.165) is 31.9 Å². The normalized spacial score (nSPS) is 18.6. The zero-order valence-corrected chi connectivity index (χ0v) is 21.3. The van der Waals surface area contributed by atoms with Gasteiger partial charge in [0.15, 0.2) is 5.96 Å². The van der Waals surface area contributed by atoms with Crippen LogP contribution >= 0.6 is 24.0 Å². The average Bonchev–Trinajstić information content (AvgIpc) is 3.06. The molecule has 7 nitrogen and oxygen atoms in total. The lowest BCUT2D eigenvalue weighted by Gasteiger charge is -2.32. The van der Waals surface area contributed by atoms with E-state index in [4.69, 9.17) is 4.74 Å². The van der Waals surface area contributed by atoms with Gasteiger partial charge in [-0.3, -0.25) is 9.89 Å². The fourth-order valence-electron chi connectivity index (χ4n) is 4.32. The Morgan fingerprint density at radius 2 is 1.71 bits per heavy atom. The fourth-order valence-corrected chi connectivity index (χ4v) is 4.32. The second-order valence-corrected chi connectivity index (χ2v) is 8.26. The summed E-state index contributed by atoms with van der Waals surface area (Å²) in [6, 6.07) is 9.02. The van der Waals surface area contributed by atoms with Gasteiger partial charge in [0.1, 0.15) is 0 Å². The second-order valence-electron chi connectivity index (χ2n) is 8.26. The van der Waals surface area contributed by atoms with Crippen molar-refractivity contribution in [1.29, 1.82) is 0 Å². The van der Waals surface area contributed by atoms with Gasteiger partial charge in [-0.1, -0.05) is 37.1 Å². The predicted molar refractivity (Wildman–Crippen MR) is 136 cm³/mol. The summed E-state index contributed by atoms with van der Waals surface area (Å²) in [7, 11) is 3.24. The number of nitrogens with one attached hydrogen (secondary N) is 2. The molecule has 0 saturated carbocycles. The van der Waals surface area contributed by atoms with Crippen molar-refractivity contribution in [2.45, 2.75) is 57.7 Å². The molecule has 0 radical (unpaired) electrons. The van der Waals surface area contributed by atoms with E-state index in [-0.39, 0.29) is 30.1 Å². The first-order valence-corrected chi connectivity index (χ1v) is 11.3. The Kier molecular flexibility index (Phi) is 11.4. The maximum atomic E-state index is 11.6. The third-order valence-corrected chi connectivity index (χ3v) is 6.15. The minimum atomic E-state index is -0.239. The van der Waals surface area contributed by atoms with Crippen LogP contribution in [0.15, 0.2) is 29.3 Å². The van der Waals surface area contributed by atoms with Crippen molar-refractivity contribution in [3.63, 3.8) is 0 Å². The third-order valence-electron chi connectivity index (χ3n) is 6.15. The van der Waals surface area contributed by atoms with E-state index in [1.807, 2.05) is 7.05 Å². The molecule has 1 aromatic carbocycles. The van der Waals surface area contributed by atoms with Gasteiger partial charge in [-0.05, 0) is 49.9 Å². The molecule has 2 N–H and O–H groups in total. The highest BCUT2D eigenvalue weighted by molar-refractivity contribution is 14.0. The molecule has 0 bridgehead atoms. The first-order chi connectivity index (χ1) is 14.7. The molecule has 0 spiro atoms. The number of halogens is 1. The number of carbonyl (C=O) groups is 1. The number of nitrogens with zero attached hydrogens (tertiary/aromatic N) is 3. The number of carbonyl (C=O) groups excluding carboxylic acids is 1. The number of piperidine rings is 1. The zero-order valence-electron chi connectivity index (χ0n) is 18.9. The third kappa shape index (κ3) is 8.14. The Morgan fingerprint density at radius 3 is 2.32 bits per heavy atom. The van der Waals surface area contributed by atoms with Gasteiger partial charge in [0, 0.05) is 39.3 Å². The number of hydrogen-bond acceptors (Lipinski definition) is 4. The van der Waals surface area contributed by atoms with Crippen LogP contribution in [0, 0.1) is 0 Å². The van der Waals surface area contributed by atoms with E-state index in [1.54, 1.807) is 4.90 Å². The van der Waals surface area contributed by atoms with Crippen LogP contribution < -0.4 is 10.6 Å². The molecule has 174 valence electrons. The topological polar surface area (TPSA) is 69.2 Å². The van der Waals surface area contributed by atoms with Crippen molar-refractivity contribution in [1.82, 2.24) is 20.4 Å².